The van der Waals surface area contributed by atoms with Crippen LogP contribution in [0.2, 0.25) is 0 Å². The van der Waals surface area contributed by atoms with Crippen molar-refractivity contribution in [3.8, 4) is 11.5 Å². The molecule has 0 fully saturated rings. The lowest BCUT2D eigenvalue weighted by Gasteiger charge is -2.26. The molecule has 0 aliphatic rings. The fraction of sp³-hybridized carbons (Fsp3) is 0.400. The zero-order valence-corrected chi connectivity index (χ0v) is 17.4. The number of aliphatic hydroxyl groups is 1. The average Bonchev–Trinajstić information content (AvgIpc) is 2.70. The first-order valence-corrected chi connectivity index (χ1v) is 10.5. The molecule has 27 heavy (non-hydrogen) atoms. The Morgan fingerprint density at radius 3 is 2.26 bits per heavy atom. The molecule has 1 N–H and O–H groups in total. The van der Waals surface area contributed by atoms with E-state index < -0.39 is 13.2 Å². The minimum absolute atomic E-state index is 0.274. The number of methoxy groups -OCH3 is 2. The summed E-state index contributed by atoms with van der Waals surface area (Å²) in [6.45, 7) is 2.20. The molecule has 2 aromatic carbocycles. The number of benzene rings is 2. The van der Waals surface area contributed by atoms with E-state index in [1.54, 1.807) is 30.3 Å². The third-order valence-corrected chi connectivity index (χ3v) is 6.76. The molecule has 0 aromatic heterocycles. The fourth-order valence-electron chi connectivity index (χ4n) is 2.70. The molecule has 0 saturated carbocycles. The third kappa shape index (κ3) is 4.64. The number of rotatable bonds is 9. The summed E-state index contributed by atoms with van der Waals surface area (Å²) in [5.74, 6) is -0.414. The number of ether oxygens (including phenoxy) is 2. The molecule has 2 rings (SSSR count). The number of hydrogen-bond donors (Lipinski definition) is 1. The highest BCUT2D eigenvalue weighted by Crippen LogP contribution is 2.59. The number of aliphatic hydroxyl groups excluding tert-OH is 1. The van der Waals surface area contributed by atoms with Crippen molar-refractivity contribution in [1.82, 2.24) is 0 Å². The molecule has 6 nitrogen and oxygen atoms in total. The van der Waals surface area contributed by atoms with Crippen LogP contribution in [0.3, 0.4) is 0 Å². The van der Waals surface area contributed by atoms with Crippen molar-refractivity contribution in [3.05, 3.63) is 48.0 Å². The van der Waals surface area contributed by atoms with E-state index in [2.05, 4.69) is 0 Å². The van der Waals surface area contributed by atoms with Gasteiger partial charge in [-0.3, -0.25) is 4.57 Å². The van der Waals surface area contributed by atoms with Crippen molar-refractivity contribution in [2.45, 2.75) is 19.2 Å². The molecule has 0 aliphatic heterocycles. The van der Waals surface area contributed by atoms with Gasteiger partial charge in [-0.25, -0.2) is 0 Å². The van der Waals surface area contributed by atoms with Crippen molar-refractivity contribution in [2.75, 3.05) is 39.8 Å². The average molecular weight is 393 g/mol. The monoisotopic (exact) mass is 393 g/mol. The Kier molecular flexibility index (Phi) is 7.31. The maximum absolute atomic E-state index is 13.8. The summed E-state index contributed by atoms with van der Waals surface area (Å²) in [5.41, 5.74) is 1.34. The second kappa shape index (κ2) is 9.27. The molecular weight excluding hydrogens is 365 g/mol. The van der Waals surface area contributed by atoms with E-state index >= 15 is 0 Å². The molecule has 0 radical (unpaired) electrons. The van der Waals surface area contributed by atoms with Crippen molar-refractivity contribution in [3.63, 3.8) is 0 Å². The summed E-state index contributed by atoms with van der Waals surface area (Å²) >= 11 is 0. The Hall–Kier alpha value is -2.01. The highest BCUT2D eigenvalue weighted by atomic mass is 31.2. The van der Waals surface area contributed by atoms with Crippen molar-refractivity contribution in [2.24, 2.45) is 0 Å². The van der Waals surface area contributed by atoms with Crippen LogP contribution >= 0.6 is 7.37 Å². The Balaban J connectivity index is 2.53. The topological polar surface area (TPSA) is 68.2 Å². The van der Waals surface area contributed by atoms with Crippen LogP contribution in [-0.2, 0) is 9.09 Å². The molecule has 0 heterocycles. The highest BCUT2D eigenvalue weighted by Gasteiger charge is 2.38. The van der Waals surface area contributed by atoms with E-state index in [-0.39, 0.29) is 6.61 Å². The van der Waals surface area contributed by atoms with Gasteiger partial charge in [0.05, 0.1) is 20.8 Å². The van der Waals surface area contributed by atoms with Crippen LogP contribution in [0.5, 0.6) is 11.5 Å². The van der Waals surface area contributed by atoms with Gasteiger partial charge in [0.1, 0.15) is 11.5 Å². The summed E-state index contributed by atoms with van der Waals surface area (Å²) in [6.07, 6.45) is 0.682. The molecule has 0 bridgehead atoms. The first-order chi connectivity index (χ1) is 12.9. The molecule has 0 aliphatic carbocycles. The number of hydrogen-bond acceptors (Lipinski definition) is 6. The Labute approximate surface area is 161 Å². The number of nitrogens with zero attached hydrogens (tertiary/aromatic N) is 1. The van der Waals surface area contributed by atoms with Crippen LogP contribution in [0.15, 0.2) is 42.5 Å². The predicted octanol–water partition coefficient (Wildman–Crippen LogP) is 3.79. The summed E-state index contributed by atoms with van der Waals surface area (Å²) in [5, 5.41) is 11.6. The molecule has 7 heteroatoms. The summed E-state index contributed by atoms with van der Waals surface area (Å²) in [4.78, 5) is 1.95. The van der Waals surface area contributed by atoms with E-state index in [0.29, 0.717) is 28.8 Å². The normalized spacial score (nSPS) is 14.3. The van der Waals surface area contributed by atoms with Crippen LogP contribution in [0.4, 0.5) is 5.69 Å². The van der Waals surface area contributed by atoms with Gasteiger partial charge in [0.2, 0.25) is 0 Å². The Bertz CT molecular complexity index is 791. The largest absolute Gasteiger partial charge is 0.497 e. The Morgan fingerprint density at radius 2 is 1.74 bits per heavy atom. The predicted molar refractivity (Wildman–Crippen MR) is 109 cm³/mol. The highest BCUT2D eigenvalue weighted by molar-refractivity contribution is 7.67. The lowest BCUT2D eigenvalue weighted by atomic mass is 10.2. The van der Waals surface area contributed by atoms with E-state index in [4.69, 9.17) is 14.0 Å². The van der Waals surface area contributed by atoms with Gasteiger partial charge in [-0.1, -0.05) is 6.92 Å². The van der Waals surface area contributed by atoms with Gasteiger partial charge >= 0.3 is 0 Å². The number of anilines is 1. The van der Waals surface area contributed by atoms with E-state index in [0.717, 1.165) is 5.69 Å². The van der Waals surface area contributed by atoms with Crippen molar-refractivity contribution >= 4 is 18.4 Å². The minimum atomic E-state index is -3.62. The van der Waals surface area contributed by atoms with E-state index in [1.807, 2.05) is 38.1 Å². The zero-order valence-electron chi connectivity index (χ0n) is 16.5. The SMILES string of the molecule is CCCO[P@@](=O)(c1ccc(N(C)C)cc1)[C@@H](O)c1cc(OC)ccc1OC. The lowest BCUT2D eigenvalue weighted by Crippen LogP contribution is -2.17. The molecule has 0 saturated heterocycles. The molecular formula is C20H28NO5P. The molecule has 2 atom stereocenters. The summed E-state index contributed by atoms with van der Waals surface area (Å²) in [7, 11) is 3.27. The molecule has 0 amide bonds. The summed E-state index contributed by atoms with van der Waals surface area (Å²) in [6, 6.07) is 12.2. The maximum Gasteiger partial charge on any atom is 0.264 e. The third-order valence-electron chi connectivity index (χ3n) is 4.25. The van der Waals surface area contributed by atoms with Gasteiger partial charge in [-0.2, -0.15) is 0 Å². The first-order valence-electron chi connectivity index (χ1n) is 8.79. The minimum Gasteiger partial charge on any atom is -0.497 e. The first kappa shape index (κ1) is 21.3. The molecule has 0 unspecified atom stereocenters. The van der Waals surface area contributed by atoms with Crippen LogP contribution in [0.25, 0.3) is 0 Å². The Morgan fingerprint density at radius 1 is 1.07 bits per heavy atom. The van der Waals surface area contributed by atoms with Gasteiger partial charge in [0, 0.05) is 30.7 Å². The van der Waals surface area contributed by atoms with Gasteiger partial charge in [-0.15, -0.1) is 0 Å². The second-order valence-corrected chi connectivity index (χ2v) is 8.78. The quantitative estimate of drug-likeness (QED) is 0.654. The smallest absolute Gasteiger partial charge is 0.264 e. The standard InChI is InChI=1S/C20H28NO5P/c1-6-13-26-27(23,17-10-7-15(8-11-17)21(2)3)20(22)18-14-16(24-4)9-12-19(18)25-5/h7-12,14,20,22H,6,13H2,1-5H3/t20-,27+/m1/s1. The zero-order chi connectivity index (χ0) is 20.0. The summed E-state index contributed by atoms with van der Waals surface area (Å²) < 4.78 is 30.2. The lowest BCUT2D eigenvalue weighted by molar-refractivity contribution is 0.210. The van der Waals surface area contributed by atoms with E-state index in [1.165, 1.54) is 14.2 Å². The van der Waals surface area contributed by atoms with Crippen LogP contribution in [-0.4, -0.2) is 40.0 Å². The molecule has 148 valence electrons. The molecule has 2 aromatic rings. The second-order valence-electron chi connectivity index (χ2n) is 6.32. The fourth-order valence-corrected chi connectivity index (χ4v) is 4.86. The molecule has 0 spiro atoms. The maximum atomic E-state index is 13.8. The van der Waals surface area contributed by atoms with Gasteiger partial charge < -0.3 is 24.0 Å². The van der Waals surface area contributed by atoms with Gasteiger partial charge in [-0.05, 0) is 48.9 Å². The van der Waals surface area contributed by atoms with Crippen molar-refractivity contribution < 1.29 is 23.7 Å². The van der Waals surface area contributed by atoms with Crippen LogP contribution in [0.1, 0.15) is 24.8 Å². The van der Waals surface area contributed by atoms with E-state index in [9.17, 15) is 9.67 Å². The van der Waals surface area contributed by atoms with Crippen molar-refractivity contribution in [1.29, 1.82) is 0 Å². The van der Waals surface area contributed by atoms with Gasteiger partial charge in [0.25, 0.3) is 7.37 Å². The van der Waals surface area contributed by atoms with Gasteiger partial charge in [0.15, 0.2) is 5.85 Å². The van der Waals surface area contributed by atoms with Crippen LogP contribution < -0.4 is 19.7 Å². The van der Waals surface area contributed by atoms with Crippen LogP contribution in [0, 0.1) is 0 Å².